The molecular weight excluding hydrogens is 286 g/mol. The van der Waals surface area contributed by atoms with E-state index in [-0.39, 0.29) is 12.6 Å². The molecule has 0 amide bonds. The molecule has 0 aliphatic heterocycles. The lowest BCUT2D eigenvalue weighted by Gasteiger charge is -2.13. The number of ether oxygens (including phenoxy) is 2. The molecule has 17 heavy (non-hydrogen) atoms. The highest BCUT2D eigenvalue weighted by Crippen LogP contribution is 2.30. The van der Waals surface area contributed by atoms with Gasteiger partial charge in [0.1, 0.15) is 11.7 Å². The molecule has 0 aliphatic rings. The molecule has 0 heterocycles. The van der Waals surface area contributed by atoms with Gasteiger partial charge in [0, 0.05) is 17.1 Å². The lowest BCUT2D eigenvalue weighted by molar-refractivity contribution is -0.117. The van der Waals surface area contributed by atoms with Gasteiger partial charge >= 0.3 is 0 Å². The summed E-state index contributed by atoms with van der Waals surface area (Å²) in [5.74, 6) is -0.552. The number of Topliss-reactive ketones (excluding diaryl/α,β-unsaturated/α-hetero) is 1. The minimum Gasteiger partial charge on any atom is -0.467 e. The van der Waals surface area contributed by atoms with Crippen LogP contribution >= 0.6 is 15.9 Å². The number of nitriles is 1. The SMILES string of the molecule is COCOc1ccc(Br)cc1C(C#N)C(C)=O. The molecule has 0 radical (unpaired) electrons. The Morgan fingerprint density at radius 1 is 1.59 bits per heavy atom. The highest BCUT2D eigenvalue weighted by molar-refractivity contribution is 9.10. The summed E-state index contributed by atoms with van der Waals surface area (Å²) in [7, 11) is 1.51. The first-order valence-electron chi connectivity index (χ1n) is 4.91. The molecule has 0 spiro atoms. The van der Waals surface area contributed by atoms with Gasteiger partial charge in [-0.05, 0) is 25.1 Å². The third kappa shape index (κ3) is 3.55. The topological polar surface area (TPSA) is 59.3 Å². The molecule has 0 aliphatic carbocycles. The monoisotopic (exact) mass is 297 g/mol. The second kappa shape index (κ2) is 6.38. The maximum atomic E-state index is 11.4. The van der Waals surface area contributed by atoms with Crippen molar-refractivity contribution >= 4 is 21.7 Å². The Kier molecular flexibility index (Phi) is 5.13. The average Bonchev–Trinajstić information content (AvgIpc) is 2.28. The number of carbonyl (C=O) groups is 1. The van der Waals surface area contributed by atoms with Crippen LogP contribution in [0.15, 0.2) is 22.7 Å². The summed E-state index contributed by atoms with van der Waals surface area (Å²) in [5.41, 5.74) is 0.548. The van der Waals surface area contributed by atoms with Crippen LogP contribution in [0.25, 0.3) is 0 Å². The fourth-order valence-corrected chi connectivity index (χ4v) is 1.76. The van der Waals surface area contributed by atoms with Gasteiger partial charge in [-0.1, -0.05) is 15.9 Å². The number of methoxy groups -OCH3 is 1. The molecule has 90 valence electrons. The van der Waals surface area contributed by atoms with Crippen LogP contribution in [0.5, 0.6) is 5.75 Å². The van der Waals surface area contributed by atoms with E-state index >= 15 is 0 Å². The van der Waals surface area contributed by atoms with E-state index in [1.165, 1.54) is 14.0 Å². The number of halogens is 1. The molecule has 0 saturated carbocycles. The Hall–Kier alpha value is -1.38. The number of benzene rings is 1. The lowest BCUT2D eigenvalue weighted by Crippen LogP contribution is -2.10. The summed E-state index contributed by atoms with van der Waals surface area (Å²) in [6, 6.07) is 7.16. The zero-order valence-corrected chi connectivity index (χ0v) is 11.2. The van der Waals surface area contributed by atoms with Gasteiger partial charge in [0.05, 0.1) is 6.07 Å². The molecule has 1 rings (SSSR count). The Morgan fingerprint density at radius 3 is 2.82 bits per heavy atom. The van der Waals surface area contributed by atoms with Gasteiger partial charge < -0.3 is 9.47 Å². The first-order chi connectivity index (χ1) is 8.10. The number of hydrogen-bond acceptors (Lipinski definition) is 4. The summed E-state index contributed by atoms with van der Waals surface area (Å²) in [5, 5.41) is 9.02. The molecule has 5 heteroatoms. The summed E-state index contributed by atoms with van der Waals surface area (Å²) >= 11 is 3.30. The summed E-state index contributed by atoms with van der Waals surface area (Å²) in [6.07, 6.45) is 0. The molecule has 1 aromatic carbocycles. The molecule has 1 aromatic rings. The van der Waals surface area contributed by atoms with Gasteiger partial charge in [0.25, 0.3) is 0 Å². The quantitative estimate of drug-likeness (QED) is 0.784. The normalized spacial score (nSPS) is 11.6. The third-order valence-electron chi connectivity index (χ3n) is 2.15. The van der Waals surface area contributed by atoms with Gasteiger partial charge in [-0.25, -0.2) is 0 Å². The van der Waals surface area contributed by atoms with E-state index in [4.69, 9.17) is 14.7 Å². The molecule has 0 N–H and O–H groups in total. The highest BCUT2D eigenvalue weighted by atomic mass is 79.9. The number of rotatable bonds is 5. The second-order valence-corrected chi connectivity index (χ2v) is 4.32. The Bertz CT molecular complexity index is 454. The summed E-state index contributed by atoms with van der Waals surface area (Å²) in [4.78, 5) is 11.4. The van der Waals surface area contributed by atoms with Gasteiger partial charge in [0.15, 0.2) is 12.6 Å². The third-order valence-corrected chi connectivity index (χ3v) is 2.64. The molecule has 1 unspecified atom stereocenters. The molecular formula is C12H12BrNO3. The molecule has 1 atom stereocenters. The van der Waals surface area contributed by atoms with Crippen LogP contribution in [0.3, 0.4) is 0 Å². The number of hydrogen-bond donors (Lipinski definition) is 0. The average molecular weight is 298 g/mol. The molecule has 0 aromatic heterocycles. The fraction of sp³-hybridized carbons (Fsp3) is 0.333. The van der Waals surface area contributed by atoms with Crippen molar-refractivity contribution in [1.82, 2.24) is 0 Å². The first-order valence-corrected chi connectivity index (χ1v) is 5.70. The van der Waals surface area contributed by atoms with Gasteiger partial charge in [-0.3, -0.25) is 4.79 Å². The van der Waals surface area contributed by atoms with Crippen molar-refractivity contribution < 1.29 is 14.3 Å². The van der Waals surface area contributed by atoms with Crippen molar-refractivity contribution in [3.63, 3.8) is 0 Å². The highest BCUT2D eigenvalue weighted by Gasteiger charge is 2.20. The second-order valence-electron chi connectivity index (χ2n) is 3.41. The van der Waals surface area contributed by atoms with Crippen molar-refractivity contribution in [1.29, 1.82) is 5.26 Å². The van der Waals surface area contributed by atoms with E-state index < -0.39 is 5.92 Å². The zero-order valence-electron chi connectivity index (χ0n) is 9.57. The molecule has 0 saturated heterocycles. The first kappa shape index (κ1) is 13.7. The van der Waals surface area contributed by atoms with Gasteiger partial charge in [0.2, 0.25) is 0 Å². The van der Waals surface area contributed by atoms with Crippen molar-refractivity contribution in [3.8, 4) is 11.8 Å². The standard InChI is InChI=1S/C12H12BrNO3/c1-8(15)11(6-14)10-5-9(13)3-4-12(10)17-7-16-2/h3-5,11H,7H2,1-2H3. The van der Waals surface area contributed by atoms with Crippen LogP contribution in [0.4, 0.5) is 0 Å². The van der Waals surface area contributed by atoms with Crippen LogP contribution in [-0.2, 0) is 9.53 Å². The largest absolute Gasteiger partial charge is 0.467 e. The van der Waals surface area contributed by atoms with E-state index in [1.807, 2.05) is 6.07 Å². The van der Waals surface area contributed by atoms with Crippen LogP contribution in [-0.4, -0.2) is 19.7 Å². The Morgan fingerprint density at radius 2 is 2.29 bits per heavy atom. The van der Waals surface area contributed by atoms with Crippen molar-refractivity contribution in [2.75, 3.05) is 13.9 Å². The molecule has 0 fully saturated rings. The van der Waals surface area contributed by atoms with E-state index in [1.54, 1.807) is 18.2 Å². The predicted molar refractivity (Wildman–Crippen MR) is 65.7 cm³/mol. The number of nitrogens with zero attached hydrogens (tertiary/aromatic N) is 1. The minimum atomic E-state index is -0.820. The van der Waals surface area contributed by atoms with Gasteiger partial charge in [-0.15, -0.1) is 0 Å². The van der Waals surface area contributed by atoms with Crippen molar-refractivity contribution in [2.45, 2.75) is 12.8 Å². The van der Waals surface area contributed by atoms with Crippen LogP contribution < -0.4 is 4.74 Å². The number of carbonyl (C=O) groups excluding carboxylic acids is 1. The lowest BCUT2D eigenvalue weighted by atomic mass is 9.96. The van der Waals surface area contributed by atoms with Crippen molar-refractivity contribution in [3.05, 3.63) is 28.2 Å². The fourth-order valence-electron chi connectivity index (χ4n) is 1.38. The van der Waals surface area contributed by atoms with Gasteiger partial charge in [-0.2, -0.15) is 5.26 Å². The summed E-state index contributed by atoms with van der Waals surface area (Å²) < 4.78 is 10.9. The smallest absolute Gasteiger partial charge is 0.188 e. The molecule has 4 nitrogen and oxygen atoms in total. The summed E-state index contributed by atoms with van der Waals surface area (Å²) in [6.45, 7) is 1.46. The minimum absolute atomic E-state index is 0.0741. The van der Waals surface area contributed by atoms with E-state index in [9.17, 15) is 4.79 Å². The predicted octanol–water partition coefficient (Wildman–Crippen LogP) is 2.63. The van der Waals surface area contributed by atoms with Crippen molar-refractivity contribution in [2.24, 2.45) is 0 Å². The van der Waals surface area contributed by atoms with Crippen LogP contribution in [0.2, 0.25) is 0 Å². The number of ketones is 1. The van der Waals surface area contributed by atoms with E-state index in [0.717, 1.165) is 4.47 Å². The van der Waals surface area contributed by atoms with E-state index in [2.05, 4.69) is 15.9 Å². The molecule has 0 bridgehead atoms. The Labute approximate surface area is 108 Å². The van der Waals surface area contributed by atoms with Crippen LogP contribution in [0.1, 0.15) is 18.4 Å². The maximum Gasteiger partial charge on any atom is 0.188 e. The zero-order chi connectivity index (χ0) is 12.8. The van der Waals surface area contributed by atoms with Crippen LogP contribution in [0, 0.1) is 11.3 Å². The van der Waals surface area contributed by atoms with E-state index in [0.29, 0.717) is 11.3 Å². The Balaban J connectivity index is 3.14. The maximum absolute atomic E-state index is 11.4.